The van der Waals surface area contributed by atoms with E-state index in [1.54, 1.807) is 30.3 Å². The number of aliphatic hydroxyl groups excluding tert-OH is 1. The minimum atomic E-state index is -0.176. The molecule has 0 spiro atoms. The summed E-state index contributed by atoms with van der Waals surface area (Å²) in [4.78, 5) is 41.3. The summed E-state index contributed by atoms with van der Waals surface area (Å²) in [6.07, 6.45) is 0.426. The number of rotatable bonds is 9. The fourth-order valence-corrected chi connectivity index (χ4v) is 4.16. The highest BCUT2D eigenvalue weighted by atomic mass is 32.2. The van der Waals surface area contributed by atoms with Crippen molar-refractivity contribution in [3.63, 3.8) is 0 Å². The van der Waals surface area contributed by atoms with E-state index in [1.807, 2.05) is 25.1 Å². The lowest BCUT2D eigenvalue weighted by Crippen LogP contribution is -2.24. The number of fused-ring (bicyclic) bond motifs is 1. The number of ketones is 1. The van der Waals surface area contributed by atoms with Gasteiger partial charge in [-0.1, -0.05) is 48.2 Å². The van der Waals surface area contributed by atoms with Crippen molar-refractivity contribution in [3.05, 3.63) is 70.0 Å². The molecule has 0 bridgehead atoms. The Hall–Kier alpha value is -2.97. The van der Waals surface area contributed by atoms with E-state index in [2.05, 4.69) is 10.3 Å². The number of hydrogen-bond donors (Lipinski definition) is 2. The lowest BCUT2D eigenvalue weighted by Gasteiger charge is -2.14. The highest BCUT2D eigenvalue weighted by molar-refractivity contribution is 7.99. The first-order valence-electron chi connectivity index (χ1n) is 10.0. The number of amides is 1. The Bertz CT molecular complexity index is 1140. The Morgan fingerprint density at radius 3 is 2.55 bits per heavy atom. The van der Waals surface area contributed by atoms with Crippen molar-refractivity contribution in [3.8, 4) is 0 Å². The van der Waals surface area contributed by atoms with Crippen molar-refractivity contribution in [1.29, 1.82) is 0 Å². The van der Waals surface area contributed by atoms with Crippen LogP contribution in [0.15, 0.2) is 58.5 Å². The third kappa shape index (κ3) is 5.59. The van der Waals surface area contributed by atoms with Gasteiger partial charge in [-0.25, -0.2) is 4.98 Å². The second kappa shape index (κ2) is 10.4. The van der Waals surface area contributed by atoms with Crippen molar-refractivity contribution in [2.24, 2.45) is 0 Å². The fraction of sp³-hybridized carbons (Fsp3) is 0.304. The van der Waals surface area contributed by atoms with Crippen LogP contribution in [0.25, 0.3) is 10.9 Å². The van der Waals surface area contributed by atoms with E-state index >= 15 is 0 Å². The smallest absolute Gasteiger partial charge is 0.262 e. The van der Waals surface area contributed by atoms with Gasteiger partial charge >= 0.3 is 0 Å². The molecular formula is C23H25N3O4S. The molecule has 0 radical (unpaired) electrons. The zero-order valence-corrected chi connectivity index (χ0v) is 18.3. The standard InChI is InChI=1S/C23H25N3O4S/c1-15(24-16(2)28)17-8-10-18(11-9-17)21(29)14-31-23-25-20-7-4-3-6-19(20)22(30)26(23)12-5-13-27/h3-4,6-11,15,27H,5,12-14H2,1-2H3,(H,24,28). The number of aromatic nitrogens is 2. The largest absolute Gasteiger partial charge is 0.396 e. The van der Waals surface area contributed by atoms with Gasteiger partial charge in [0.15, 0.2) is 10.9 Å². The molecule has 0 aliphatic heterocycles. The van der Waals surface area contributed by atoms with Gasteiger partial charge in [0.25, 0.3) is 5.56 Å². The van der Waals surface area contributed by atoms with Crippen LogP contribution in [0.4, 0.5) is 0 Å². The average Bonchev–Trinajstić information content (AvgIpc) is 2.76. The Balaban J connectivity index is 1.77. The molecule has 0 aliphatic carbocycles. The van der Waals surface area contributed by atoms with Gasteiger partial charge in [-0.2, -0.15) is 0 Å². The maximum atomic E-state index is 12.9. The molecule has 2 N–H and O–H groups in total. The molecule has 1 heterocycles. The normalized spacial score (nSPS) is 12.0. The minimum Gasteiger partial charge on any atom is -0.396 e. The molecular weight excluding hydrogens is 414 g/mol. The number of nitrogens with one attached hydrogen (secondary N) is 1. The summed E-state index contributed by atoms with van der Waals surface area (Å²) in [5, 5.41) is 13.0. The van der Waals surface area contributed by atoms with Crippen LogP contribution in [0.1, 0.15) is 42.2 Å². The van der Waals surface area contributed by atoms with Gasteiger partial charge in [-0.3, -0.25) is 19.0 Å². The van der Waals surface area contributed by atoms with Crippen LogP contribution >= 0.6 is 11.8 Å². The summed E-state index contributed by atoms with van der Waals surface area (Å²) in [6, 6.07) is 14.1. The first-order valence-corrected chi connectivity index (χ1v) is 11.0. The topological polar surface area (TPSA) is 101 Å². The number of para-hydroxylation sites is 1. The molecule has 3 aromatic rings. The maximum Gasteiger partial charge on any atom is 0.262 e. The van der Waals surface area contributed by atoms with Gasteiger partial charge in [-0.05, 0) is 31.0 Å². The number of Topliss-reactive ketones (excluding diaryl/α,β-unsaturated/α-hetero) is 1. The Kier molecular flexibility index (Phi) is 7.59. The van der Waals surface area contributed by atoms with Gasteiger partial charge in [0.2, 0.25) is 5.91 Å². The molecule has 0 saturated heterocycles. The summed E-state index contributed by atoms with van der Waals surface area (Å²) in [7, 11) is 0. The fourth-order valence-electron chi connectivity index (χ4n) is 3.24. The molecule has 31 heavy (non-hydrogen) atoms. The summed E-state index contributed by atoms with van der Waals surface area (Å²) >= 11 is 1.21. The number of carbonyl (C=O) groups is 2. The zero-order valence-electron chi connectivity index (χ0n) is 17.5. The number of carbonyl (C=O) groups excluding carboxylic acids is 2. The van der Waals surface area contributed by atoms with E-state index in [-0.39, 0.29) is 35.7 Å². The van der Waals surface area contributed by atoms with E-state index in [0.717, 1.165) is 5.56 Å². The van der Waals surface area contributed by atoms with Crippen molar-refractivity contribution >= 4 is 34.4 Å². The third-order valence-electron chi connectivity index (χ3n) is 4.85. The minimum absolute atomic E-state index is 0.0361. The van der Waals surface area contributed by atoms with Crippen molar-refractivity contribution < 1.29 is 14.7 Å². The molecule has 1 aromatic heterocycles. The summed E-state index contributed by atoms with van der Waals surface area (Å²) in [6.45, 7) is 3.64. The Labute approximate surface area is 184 Å². The molecule has 8 heteroatoms. The monoisotopic (exact) mass is 439 g/mol. The van der Waals surface area contributed by atoms with E-state index < -0.39 is 0 Å². The second-order valence-corrected chi connectivity index (χ2v) is 8.14. The molecule has 162 valence electrons. The van der Waals surface area contributed by atoms with Crippen LogP contribution in [-0.4, -0.2) is 38.7 Å². The zero-order chi connectivity index (χ0) is 22.4. The Morgan fingerprint density at radius 1 is 1.16 bits per heavy atom. The third-order valence-corrected chi connectivity index (χ3v) is 5.83. The van der Waals surface area contributed by atoms with E-state index in [0.29, 0.717) is 34.6 Å². The quantitative estimate of drug-likeness (QED) is 0.302. The molecule has 2 aromatic carbocycles. The number of nitrogens with zero attached hydrogens (tertiary/aromatic N) is 2. The predicted octanol–water partition coefficient (Wildman–Crippen LogP) is 2.95. The number of hydrogen-bond acceptors (Lipinski definition) is 6. The molecule has 1 unspecified atom stereocenters. The lowest BCUT2D eigenvalue weighted by molar-refractivity contribution is -0.119. The number of aliphatic hydroxyl groups is 1. The summed E-state index contributed by atoms with van der Waals surface area (Å²) in [5.41, 5.74) is 1.87. The molecule has 0 fully saturated rings. The van der Waals surface area contributed by atoms with Crippen molar-refractivity contribution in [2.75, 3.05) is 12.4 Å². The SMILES string of the molecule is CC(=O)NC(C)c1ccc(C(=O)CSc2nc3ccccc3c(=O)n2CCCO)cc1. The van der Waals surface area contributed by atoms with Gasteiger partial charge < -0.3 is 10.4 Å². The number of benzene rings is 2. The molecule has 1 amide bonds. The summed E-state index contributed by atoms with van der Waals surface area (Å²) in [5.74, 6) is -0.0659. The van der Waals surface area contributed by atoms with Gasteiger partial charge in [0, 0.05) is 25.6 Å². The van der Waals surface area contributed by atoms with Crippen LogP contribution in [0, 0.1) is 0 Å². The van der Waals surface area contributed by atoms with Gasteiger partial charge in [0.1, 0.15) is 0 Å². The first-order chi connectivity index (χ1) is 14.9. The molecule has 1 atom stereocenters. The van der Waals surface area contributed by atoms with E-state index in [9.17, 15) is 19.5 Å². The first kappa shape index (κ1) is 22.7. The highest BCUT2D eigenvalue weighted by Crippen LogP contribution is 2.20. The van der Waals surface area contributed by atoms with Crippen LogP contribution in [0.3, 0.4) is 0 Å². The average molecular weight is 440 g/mol. The van der Waals surface area contributed by atoms with E-state index in [1.165, 1.54) is 23.3 Å². The van der Waals surface area contributed by atoms with Crippen LogP contribution < -0.4 is 10.9 Å². The van der Waals surface area contributed by atoms with Crippen LogP contribution in [0.2, 0.25) is 0 Å². The maximum absolute atomic E-state index is 12.9. The Morgan fingerprint density at radius 2 is 1.87 bits per heavy atom. The van der Waals surface area contributed by atoms with Crippen molar-refractivity contribution in [1.82, 2.24) is 14.9 Å². The predicted molar refractivity (Wildman–Crippen MR) is 121 cm³/mol. The molecule has 3 rings (SSSR count). The summed E-state index contributed by atoms with van der Waals surface area (Å²) < 4.78 is 1.52. The van der Waals surface area contributed by atoms with Gasteiger partial charge in [0.05, 0.1) is 22.7 Å². The number of thioether (sulfide) groups is 1. The molecule has 0 aliphatic rings. The molecule has 0 saturated carbocycles. The van der Waals surface area contributed by atoms with Gasteiger partial charge in [-0.15, -0.1) is 0 Å². The highest BCUT2D eigenvalue weighted by Gasteiger charge is 2.15. The molecule has 7 nitrogen and oxygen atoms in total. The second-order valence-electron chi connectivity index (χ2n) is 7.20. The lowest BCUT2D eigenvalue weighted by atomic mass is 10.0. The van der Waals surface area contributed by atoms with Crippen LogP contribution in [0.5, 0.6) is 0 Å². The van der Waals surface area contributed by atoms with Crippen molar-refractivity contribution in [2.45, 2.75) is 38.0 Å². The van der Waals surface area contributed by atoms with Crippen LogP contribution in [-0.2, 0) is 11.3 Å². The van der Waals surface area contributed by atoms with E-state index in [4.69, 9.17) is 0 Å².